The molecular weight excluding hydrogens is 285 g/mol. The fraction of sp³-hybridized carbons (Fsp3) is 0.0769. The lowest BCUT2D eigenvalue weighted by molar-refractivity contribution is 0.305. The van der Waals surface area contributed by atoms with Crippen molar-refractivity contribution < 1.29 is 4.74 Å². The number of ether oxygens (including phenoxy) is 1. The second-order valence-electron chi connectivity index (χ2n) is 3.78. The Hall–Kier alpha value is -1.78. The van der Waals surface area contributed by atoms with Crippen LogP contribution >= 0.6 is 23.2 Å². The second kappa shape index (κ2) is 5.91. The van der Waals surface area contributed by atoms with Crippen LogP contribution in [0.25, 0.3) is 0 Å². The molecular formula is C13H11Cl2N3O. The van der Waals surface area contributed by atoms with Crippen LogP contribution in [0.15, 0.2) is 36.7 Å². The van der Waals surface area contributed by atoms with Gasteiger partial charge in [0.2, 0.25) is 0 Å². The molecule has 0 amide bonds. The zero-order valence-electron chi connectivity index (χ0n) is 9.86. The van der Waals surface area contributed by atoms with Crippen LogP contribution < -0.4 is 10.5 Å². The Kier molecular flexibility index (Phi) is 4.24. The van der Waals surface area contributed by atoms with E-state index in [1.54, 1.807) is 36.7 Å². The van der Waals surface area contributed by atoms with E-state index < -0.39 is 0 Å². The first-order valence-corrected chi connectivity index (χ1v) is 6.19. The topological polar surface area (TPSA) is 72.0 Å². The molecule has 0 saturated heterocycles. The van der Waals surface area contributed by atoms with Crippen LogP contribution in [-0.4, -0.2) is 10.8 Å². The number of pyridine rings is 1. The van der Waals surface area contributed by atoms with Gasteiger partial charge < -0.3 is 10.5 Å². The average Bonchev–Trinajstić information content (AvgIpc) is 2.37. The number of halogens is 2. The number of aromatic nitrogens is 1. The van der Waals surface area contributed by atoms with Crippen molar-refractivity contribution in [2.75, 3.05) is 0 Å². The lowest BCUT2D eigenvalue weighted by atomic mass is 10.2. The summed E-state index contributed by atoms with van der Waals surface area (Å²) in [4.78, 5) is 3.90. The first-order chi connectivity index (χ1) is 9.09. The van der Waals surface area contributed by atoms with Gasteiger partial charge in [0.25, 0.3) is 0 Å². The van der Waals surface area contributed by atoms with E-state index in [0.717, 1.165) is 5.56 Å². The number of nitrogens with zero attached hydrogens (tertiary/aromatic N) is 1. The highest BCUT2D eigenvalue weighted by Gasteiger charge is 2.11. The van der Waals surface area contributed by atoms with Gasteiger partial charge in [0.1, 0.15) is 18.2 Å². The molecule has 0 aliphatic carbocycles. The highest BCUT2D eigenvalue weighted by atomic mass is 35.5. The van der Waals surface area contributed by atoms with Crippen molar-refractivity contribution in [2.24, 2.45) is 5.73 Å². The summed E-state index contributed by atoms with van der Waals surface area (Å²) in [6.07, 6.45) is 3.18. The SMILES string of the molecule is N=C(N)c1c(Cl)cccc1OCc1ccncc1Cl. The fourth-order valence-corrected chi connectivity index (χ4v) is 2.00. The maximum atomic E-state index is 7.52. The minimum atomic E-state index is -0.138. The summed E-state index contributed by atoms with van der Waals surface area (Å²) in [7, 11) is 0. The normalized spacial score (nSPS) is 10.2. The first kappa shape index (κ1) is 13.6. The molecule has 0 saturated carbocycles. The number of rotatable bonds is 4. The van der Waals surface area contributed by atoms with Crippen LogP contribution in [0.5, 0.6) is 5.75 Å². The molecule has 0 aliphatic rings. The summed E-state index contributed by atoms with van der Waals surface area (Å²) in [5.74, 6) is 0.314. The average molecular weight is 296 g/mol. The third-order valence-electron chi connectivity index (χ3n) is 2.48. The Bertz CT molecular complexity index is 617. The number of nitrogens with two attached hydrogens (primary N) is 1. The lowest BCUT2D eigenvalue weighted by Crippen LogP contribution is -2.14. The third kappa shape index (κ3) is 3.16. The molecule has 0 atom stereocenters. The molecule has 4 nitrogen and oxygen atoms in total. The fourth-order valence-electron chi connectivity index (χ4n) is 1.56. The Morgan fingerprint density at radius 3 is 2.74 bits per heavy atom. The monoisotopic (exact) mass is 295 g/mol. The number of amidine groups is 1. The maximum Gasteiger partial charge on any atom is 0.132 e. The van der Waals surface area contributed by atoms with Crippen molar-refractivity contribution in [1.29, 1.82) is 5.41 Å². The van der Waals surface area contributed by atoms with E-state index in [1.165, 1.54) is 0 Å². The number of nitrogens with one attached hydrogen (secondary N) is 1. The van der Waals surface area contributed by atoms with Gasteiger partial charge in [0.15, 0.2) is 0 Å². The minimum Gasteiger partial charge on any atom is -0.488 e. The van der Waals surface area contributed by atoms with E-state index in [1.807, 2.05) is 0 Å². The van der Waals surface area contributed by atoms with Gasteiger partial charge in [-0.05, 0) is 18.2 Å². The van der Waals surface area contributed by atoms with Gasteiger partial charge in [-0.3, -0.25) is 10.4 Å². The summed E-state index contributed by atoms with van der Waals surface area (Å²) < 4.78 is 5.63. The van der Waals surface area contributed by atoms with E-state index in [2.05, 4.69) is 4.98 Å². The predicted octanol–water partition coefficient (Wildman–Crippen LogP) is 3.25. The Labute approximate surface area is 120 Å². The van der Waals surface area contributed by atoms with Crippen molar-refractivity contribution in [1.82, 2.24) is 4.98 Å². The molecule has 2 rings (SSSR count). The summed E-state index contributed by atoms with van der Waals surface area (Å²) in [6, 6.07) is 6.86. The van der Waals surface area contributed by atoms with Gasteiger partial charge in [-0.15, -0.1) is 0 Å². The van der Waals surface area contributed by atoms with E-state index in [9.17, 15) is 0 Å². The molecule has 2 aromatic rings. The maximum absolute atomic E-state index is 7.52. The molecule has 3 N–H and O–H groups in total. The van der Waals surface area contributed by atoms with Crippen LogP contribution in [-0.2, 0) is 6.61 Å². The van der Waals surface area contributed by atoms with E-state index in [-0.39, 0.29) is 12.4 Å². The van der Waals surface area contributed by atoms with Gasteiger partial charge in [-0.25, -0.2) is 0 Å². The molecule has 1 heterocycles. The molecule has 19 heavy (non-hydrogen) atoms. The molecule has 98 valence electrons. The van der Waals surface area contributed by atoms with Gasteiger partial charge in [-0.2, -0.15) is 0 Å². The summed E-state index contributed by atoms with van der Waals surface area (Å²) in [5, 5.41) is 8.42. The third-order valence-corrected chi connectivity index (χ3v) is 3.14. The Morgan fingerprint density at radius 2 is 2.05 bits per heavy atom. The number of benzene rings is 1. The predicted molar refractivity (Wildman–Crippen MR) is 76.0 cm³/mol. The first-order valence-electron chi connectivity index (χ1n) is 5.43. The van der Waals surface area contributed by atoms with Crippen LogP contribution in [0.1, 0.15) is 11.1 Å². The molecule has 0 fully saturated rings. The Balaban J connectivity index is 2.23. The van der Waals surface area contributed by atoms with E-state index in [0.29, 0.717) is 21.4 Å². The zero-order chi connectivity index (χ0) is 13.8. The lowest BCUT2D eigenvalue weighted by Gasteiger charge is -2.12. The van der Waals surface area contributed by atoms with Crippen LogP contribution in [0.2, 0.25) is 10.0 Å². The molecule has 0 bridgehead atoms. The van der Waals surface area contributed by atoms with Crippen molar-refractivity contribution in [3.8, 4) is 5.75 Å². The van der Waals surface area contributed by atoms with Crippen LogP contribution in [0.4, 0.5) is 0 Å². The van der Waals surface area contributed by atoms with Gasteiger partial charge in [0, 0.05) is 18.0 Å². The van der Waals surface area contributed by atoms with Gasteiger partial charge in [-0.1, -0.05) is 29.3 Å². The van der Waals surface area contributed by atoms with Gasteiger partial charge in [0.05, 0.1) is 15.6 Å². The van der Waals surface area contributed by atoms with E-state index >= 15 is 0 Å². The highest BCUT2D eigenvalue weighted by molar-refractivity contribution is 6.34. The van der Waals surface area contributed by atoms with Crippen LogP contribution in [0.3, 0.4) is 0 Å². The van der Waals surface area contributed by atoms with Crippen molar-refractivity contribution >= 4 is 29.0 Å². The number of hydrogen-bond donors (Lipinski definition) is 2. The largest absolute Gasteiger partial charge is 0.488 e. The van der Waals surface area contributed by atoms with Crippen molar-refractivity contribution in [3.63, 3.8) is 0 Å². The highest BCUT2D eigenvalue weighted by Crippen LogP contribution is 2.27. The summed E-state index contributed by atoms with van der Waals surface area (Å²) in [6.45, 7) is 0.252. The number of nitrogen functional groups attached to an aromatic ring is 1. The Morgan fingerprint density at radius 1 is 1.26 bits per heavy atom. The van der Waals surface area contributed by atoms with Crippen molar-refractivity contribution in [3.05, 3.63) is 57.8 Å². The van der Waals surface area contributed by atoms with Crippen LogP contribution in [0, 0.1) is 5.41 Å². The summed E-state index contributed by atoms with van der Waals surface area (Å²) >= 11 is 12.0. The number of hydrogen-bond acceptors (Lipinski definition) is 3. The van der Waals surface area contributed by atoms with E-state index in [4.69, 9.17) is 39.1 Å². The minimum absolute atomic E-state index is 0.138. The molecule has 1 aromatic heterocycles. The second-order valence-corrected chi connectivity index (χ2v) is 4.60. The quantitative estimate of drug-likeness (QED) is 0.672. The molecule has 0 radical (unpaired) electrons. The molecule has 6 heteroatoms. The molecule has 0 spiro atoms. The van der Waals surface area contributed by atoms with Crippen molar-refractivity contribution in [2.45, 2.75) is 6.61 Å². The molecule has 0 aliphatic heterocycles. The molecule has 1 aromatic carbocycles. The smallest absolute Gasteiger partial charge is 0.132 e. The zero-order valence-corrected chi connectivity index (χ0v) is 11.4. The molecule has 0 unspecified atom stereocenters. The standard InChI is InChI=1S/C13H11Cl2N3O/c14-9-2-1-3-11(12(9)13(16)17)19-7-8-4-5-18-6-10(8)15/h1-6H,7H2,(H3,16,17). The summed E-state index contributed by atoms with van der Waals surface area (Å²) in [5.41, 5.74) is 6.68. The van der Waals surface area contributed by atoms with Gasteiger partial charge >= 0.3 is 0 Å².